The smallest absolute Gasteiger partial charge is 0.118 e. The van der Waals surface area contributed by atoms with Crippen LogP contribution in [0.15, 0.2) is 16.7 Å². The van der Waals surface area contributed by atoms with Gasteiger partial charge in [-0.25, -0.2) is 0 Å². The molecule has 1 aromatic heterocycles. The molecule has 1 N–H and O–H groups in total. The lowest BCUT2D eigenvalue weighted by Crippen LogP contribution is -2.42. The molecule has 0 bridgehead atoms. The number of aryl methyl sites for hydroxylation is 1. The summed E-state index contributed by atoms with van der Waals surface area (Å²) < 4.78 is 5.50. The van der Waals surface area contributed by atoms with Crippen LogP contribution in [0.1, 0.15) is 18.2 Å². The highest BCUT2D eigenvalue weighted by molar-refractivity contribution is 5.12. The van der Waals surface area contributed by atoms with Crippen LogP contribution in [0, 0.1) is 0 Å². The van der Waals surface area contributed by atoms with Gasteiger partial charge in [-0.3, -0.25) is 4.90 Å². The molecule has 0 atom stereocenters. The van der Waals surface area contributed by atoms with E-state index < -0.39 is 0 Å². The molecular weight excluding hydrogens is 176 g/mol. The van der Waals surface area contributed by atoms with Crippen molar-refractivity contribution in [2.75, 3.05) is 26.2 Å². The summed E-state index contributed by atoms with van der Waals surface area (Å²) in [6, 6.07) is 2.17. The standard InChI is InChI=1S/C11H18N2O/c1-2-10-7-11(14-9-10)8-13-5-3-12-4-6-13/h7,9,12H,2-6,8H2,1H3. The molecule has 14 heavy (non-hydrogen) atoms. The normalized spacial score (nSPS) is 18.6. The first-order valence-corrected chi connectivity index (χ1v) is 5.38. The van der Waals surface area contributed by atoms with Crippen LogP contribution in [0.25, 0.3) is 0 Å². The molecule has 0 aromatic carbocycles. The Balaban J connectivity index is 1.89. The van der Waals surface area contributed by atoms with Gasteiger partial charge in [-0.2, -0.15) is 0 Å². The third-order valence-corrected chi connectivity index (χ3v) is 2.71. The van der Waals surface area contributed by atoms with Gasteiger partial charge in [-0.15, -0.1) is 0 Å². The molecule has 1 fully saturated rings. The number of nitrogens with zero attached hydrogens (tertiary/aromatic N) is 1. The van der Waals surface area contributed by atoms with Crippen LogP contribution < -0.4 is 5.32 Å². The number of hydrogen-bond donors (Lipinski definition) is 1. The second kappa shape index (κ2) is 4.62. The molecule has 0 radical (unpaired) electrons. The van der Waals surface area contributed by atoms with Crippen LogP contribution in [0.2, 0.25) is 0 Å². The lowest BCUT2D eigenvalue weighted by molar-refractivity contribution is 0.216. The molecule has 3 nitrogen and oxygen atoms in total. The van der Waals surface area contributed by atoms with E-state index in [-0.39, 0.29) is 0 Å². The summed E-state index contributed by atoms with van der Waals surface area (Å²) in [7, 11) is 0. The lowest BCUT2D eigenvalue weighted by atomic mass is 10.2. The van der Waals surface area contributed by atoms with Crippen LogP contribution >= 0.6 is 0 Å². The fourth-order valence-corrected chi connectivity index (χ4v) is 1.78. The van der Waals surface area contributed by atoms with Gasteiger partial charge < -0.3 is 9.73 Å². The minimum Gasteiger partial charge on any atom is -0.468 e. The molecule has 0 saturated carbocycles. The van der Waals surface area contributed by atoms with Crippen LogP contribution in [0.4, 0.5) is 0 Å². The van der Waals surface area contributed by atoms with Crippen molar-refractivity contribution in [1.29, 1.82) is 0 Å². The second-order valence-corrected chi connectivity index (χ2v) is 3.80. The molecule has 1 aromatic rings. The van der Waals surface area contributed by atoms with Crippen molar-refractivity contribution in [3.8, 4) is 0 Å². The summed E-state index contributed by atoms with van der Waals surface area (Å²) in [5, 5.41) is 3.34. The van der Waals surface area contributed by atoms with Gasteiger partial charge in [0.05, 0.1) is 12.8 Å². The Kier molecular flexibility index (Phi) is 3.22. The monoisotopic (exact) mass is 194 g/mol. The molecule has 2 rings (SSSR count). The van der Waals surface area contributed by atoms with Crippen molar-refractivity contribution in [1.82, 2.24) is 10.2 Å². The average Bonchev–Trinajstić information content (AvgIpc) is 2.67. The molecule has 0 aliphatic carbocycles. The molecule has 0 amide bonds. The van der Waals surface area contributed by atoms with E-state index in [9.17, 15) is 0 Å². The molecule has 1 aliphatic heterocycles. The van der Waals surface area contributed by atoms with E-state index in [0.717, 1.165) is 44.9 Å². The first-order chi connectivity index (χ1) is 6.88. The molecule has 1 saturated heterocycles. The second-order valence-electron chi connectivity index (χ2n) is 3.80. The Morgan fingerprint density at radius 1 is 1.43 bits per heavy atom. The molecular formula is C11H18N2O. The van der Waals surface area contributed by atoms with E-state index in [1.807, 2.05) is 6.26 Å². The quantitative estimate of drug-likeness (QED) is 0.785. The maximum atomic E-state index is 5.50. The largest absolute Gasteiger partial charge is 0.468 e. The number of piperazine rings is 1. The number of hydrogen-bond acceptors (Lipinski definition) is 3. The van der Waals surface area contributed by atoms with Crippen LogP contribution in [0.3, 0.4) is 0 Å². The van der Waals surface area contributed by atoms with Crippen molar-refractivity contribution in [3.63, 3.8) is 0 Å². The maximum absolute atomic E-state index is 5.50. The van der Waals surface area contributed by atoms with Gasteiger partial charge in [0.25, 0.3) is 0 Å². The summed E-state index contributed by atoms with van der Waals surface area (Å²) in [6.45, 7) is 7.56. The Morgan fingerprint density at radius 2 is 2.21 bits per heavy atom. The summed E-state index contributed by atoms with van der Waals surface area (Å²) in [5.41, 5.74) is 1.30. The van der Waals surface area contributed by atoms with E-state index in [4.69, 9.17) is 4.42 Å². The first kappa shape index (κ1) is 9.74. The van der Waals surface area contributed by atoms with Gasteiger partial charge in [-0.05, 0) is 18.1 Å². The van der Waals surface area contributed by atoms with Crippen molar-refractivity contribution in [2.24, 2.45) is 0 Å². The van der Waals surface area contributed by atoms with Gasteiger partial charge in [0.1, 0.15) is 5.76 Å². The van der Waals surface area contributed by atoms with Crippen molar-refractivity contribution in [2.45, 2.75) is 19.9 Å². The van der Waals surface area contributed by atoms with Crippen molar-refractivity contribution >= 4 is 0 Å². The van der Waals surface area contributed by atoms with Crippen LogP contribution in [-0.4, -0.2) is 31.1 Å². The first-order valence-electron chi connectivity index (χ1n) is 5.38. The molecule has 0 spiro atoms. The predicted molar refractivity (Wildman–Crippen MR) is 56.2 cm³/mol. The van der Waals surface area contributed by atoms with Crippen molar-refractivity contribution < 1.29 is 4.42 Å². The Morgan fingerprint density at radius 3 is 2.86 bits per heavy atom. The highest BCUT2D eigenvalue weighted by Gasteiger charge is 2.11. The van der Waals surface area contributed by atoms with Gasteiger partial charge in [-0.1, -0.05) is 6.92 Å². The number of rotatable bonds is 3. The lowest BCUT2D eigenvalue weighted by Gasteiger charge is -2.26. The zero-order valence-electron chi connectivity index (χ0n) is 8.75. The molecule has 1 aliphatic rings. The van der Waals surface area contributed by atoms with Crippen LogP contribution in [0.5, 0.6) is 0 Å². The van der Waals surface area contributed by atoms with E-state index in [0.29, 0.717) is 0 Å². The molecule has 0 unspecified atom stereocenters. The fourth-order valence-electron chi connectivity index (χ4n) is 1.78. The van der Waals surface area contributed by atoms with Gasteiger partial charge in [0, 0.05) is 26.2 Å². The topological polar surface area (TPSA) is 28.4 Å². The van der Waals surface area contributed by atoms with E-state index >= 15 is 0 Å². The third kappa shape index (κ3) is 2.36. The molecule has 78 valence electrons. The maximum Gasteiger partial charge on any atom is 0.118 e. The summed E-state index contributed by atoms with van der Waals surface area (Å²) in [5.74, 6) is 1.10. The molecule has 2 heterocycles. The minimum absolute atomic E-state index is 0.960. The van der Waals surface area contributed by atoms with Gasteiger partial charge >= 0.3 is 0 Å². The molecule has 3 heteroatoms. The fraction of sp³-hybridized carbons (Fsp3) is 0.636. The number of nitrogens with one attached hydrogen (secondary N) is 1. The zero-order chi connectivity index (χ0) is 9.80. The third-order valence-electron chi connectivity index (χ3n) is 2.71. The van der Waals surface area contributed by atoms with Gasteiger partial charge in [0.15, 0.2) is 0 Å². The summed E-state index contributed by atoms with van der Waals surface area (Å²) >= 11 is 0. The Labute approximate surface area is 85.1 Å². The number of furan rings is 1. The average molecular weight is 194 g/mol. The predicted octanol–water partition coefficient (Wildman–Crippen LogP) is 1.25. The van der Waals surface area contributed by atoms with Crippen LogP contribution in [-0.2, 0) is 13.0 Å². The van der Waals surface area contributed by atoms with Crippen molar-refractivity contribution in [3.05, 3.63) is 23.7 Å². The zero-order valence-corrected chi connectivity index (χ0v) is 8.75. The van der Waals surface area contributed by atoms with E-state index in [1.165, 1.54) is 5.56 Å². The highest BCUT2D eigenvalue weighted by Crippen LogP contribution is 2.11. The Bertz CT molecular complexity index is 277. The summed E-state index contributed by atoms with van der Waals surface area (Å²) in [4.78, 5) is 2.43. The van der Waals surface area contributed by atoms with Gasteiger partial charge in [0.2, 0.25) is 0 Å². The van der Waals surface area contributed by atoms with E-state index in [1.54, 1.807) is 0 Å². The highest BCUT2D eigenvalue weighted by atomic mass is 16.3. The minimum atomic E-state index is 0.960. The SMILES string of the molecule is CCc1coc(CN2CCNCC2)c1. The summed E-state index contributed by atoms with van der Waals surface area (Å²) in [6.07, 6.45) is 2.93. The van der Waals surface area contributed by atoms with E-state index in [2.05, 4.69) is 23.2 Å². The Hall–Kier alpha value is -0.800.